The summed E-state index contributed by atoms with van der Waals surface area (Å²) in [6, 6.07) is 3.00. The van der Waals surface area contributed by atoms with Crippen molar-refractivity contribution < 1.29 is 13.5 Å². The number of hydrogen-bond donors (Lipinski definition) is 1. The zero-order valence-corrected chi connectivity index (χ0v) is 9.62. The van der Waals surface area contributed by atoms with Gasteiger partial charge in [-0.3, -0.25) is 0 Å². The summed E-state index contributed by atoms with van der Waals surface area (Å²) in [6.07, 6.45) is 0. The SMILES string of the molecule is Cc1cc(O)c(CS(=O)(=O)Cl)c(Cl)c1. The van der Waals surface area contributed by atoms with E-state index in [1.165, 1.54) is 6.07 Å². The highest BCUT2D eigenvalue weighted by molar-refractivity contribution is 8.13. The first-order chi connectivity index (χ1) is 6.29. The molecule has 0 aliphatic carbocycles. The standard InChI is InChI=1S/C8H8Cl2O3S/c1-5-2-7(9)6(8(11)3-5)4-14(10,12)13/h2-3,11H,4H2,1H3. The van der Waals surface area contributed by atoms with Crippen LogP contribution >= 0.6 is 22.3 Å². The van der Waals surface area contributed by atoms with Crippen molar-refractivity contribution >= 4 is 31.3 Å². The van der Waals surface area contributed by atoms with E-state index in [9.17, 15) is 13.5 Å². The molecule has 0 aliphatic rings. The summed E-state index contributed by atoms with van der Waals surface area (Å²) in [5.41, 5.74) is 0.885. The predicted octanol–water partition coefficient (Wildman–Crippen LogP) is 2.42. The van der Waals surface area contributed by atoms with Crippen LogP contribution in [0.2, 0.25) is 5.02 Å². The fourth-order valence-corrected chi connectivity index (χ4v) is 2.46. The molecule has 0 atom stereocenters. The molecular weight excluding hydrogens is 247 g/mol. The van der Waals surface area contributed by atoms with Crippen LogP contribution < -0.4 is 0 Å². The van der Waals surface area contributed by atoms with Crippen LogP contribution in [-0.4, -0.2) is 13.5 Å². The third-order valence-corrected chi connectivity index (χ3v) is 2.93. The van der Waals surface area contributed by atoms with Gasteiger partial charge in [-0.1, -0.05) is 11.6 Å². The summed E-state index contributed by atoms with van der Waals surface area (Å²) in [5, 5.41) is 9.63. The molecule has 78 valence electrons. The Bertz CT molecular complexity index is 431. The molecule has 0 spiro atoms. The minimum atomic E-state index is -3.71. The van der Waals surface area contributed by atoms with Gasteiger partial charge in [-0.05, 0) is 24.6 Å². The Morgan fingerprint density at radius 3 is 2.43 bits per heavy atom. The molecule has 0 aromatic heterocycles. The number of halogens is 2. The molecule has 0 heterocycles. The van der Waals surface area contributed by atoms with Gasteiger partial charge in [0.25, 0.3) is 0 Å². The van der Waals surface area contributed by atoms with E-state index in [-0.39, 0.29) is 16.3 Å². The molecule has 1 aromatic rings. The lowest BCUT2D eigenvalue weighted by Gasteiger charge is -2.06. The van der Waals surface area contributed by atoms with Crippen molar-refractivity contribution in [1.82, 2.24) is 0 Å². The average molecular weight is 255 g/mol. The second-order valence-electron chi connectivity index (χ2n) is 2.93. The second-order valence-corrected chi connectivity index (χ2v) is 6.11. The maximum absolute atomic E-state index is 10.8. The highest BCUT2D eigenvalue weighted by Crippen LogP contribution is 2.29. The van der Waals surface area contributed by atoms with E-state index in [1.54, 1.807) is 13.0 Å². The van der Waals surface area contributed by atoms with Crippen molar-refractivity contribution in [3.05, 3.63) is 28.3 Å². The van der Waals surface area contributed by atoms with Crippen LogP contribution in [-0.2, 0) is 14.8 Å². The van der Waals surface area contributed by atoms with E-state index in [1.807, 2.05) is 0 Å². The van der Waals surface area contributed by atoms with Crippen LogP contribution in [0.1, 0.15) is 11.1 Å². The lowest BCUT2D eigenvalue weighted by Crippen LogP contribution is -1.97. The van der Waals surface area contributed by atoms with Crippen LogP contribution in [0.4, 0.5) is 0 Å². The molecule has 0 amide bonds. The van der Waals surface area contributed by atoms with Crippen molar-refractivity contribution in [2.75, 3.05) is 0 Å². The Morgan fingerprint density at radius 2 is 2.00 bits per heavy atom. The van der Waals surface area contributed by atoms with Gasteiger partial charge in [0.2, 0.25) is 9.05 Å². The van der Waals surface area contributed by atoms with Gasteiger partial charge in [-0.15, -0.1) is 0 Å². The molecule has 1 aromatic carbocycles. The number of benzene rings is 1. The minimum absolute atomic E-state index is 0.132. The first kappa shape index (κ1) is 11.6. The lowest BCUT2D eigenvalue weighted by atomic mass is 10.1. The van der Waals surface area contributed by atoms with Gasteiger partial charge in [-0.25, -0.2) is 8.42 Å². The van der Waals surface area contributed by atoms with Gasteiger partial charge in [0, 0.05) is 21.3 Å². The predicted molar refractivity (Wildman–Crippen MR) is 56.3 cm³/mol. The first-order valence-corrected chi connectivity index (χ1v) is 6.55. The summed E-state index contributed by atoms with van der Waals surface area (Å²) in [6.45, 7) is 1.74. The van der Waals surface area contributed by atoms with Gasteiger partial charge < -0.3 is 5.11 Å². The summed E-state index contributed by atoms with van der Waals surface area (Å²) < 4.78 is 21.6. The van der Waals surface area contributed by atoms with Gasteiger partial charge >= 0.3 is 0 Å². The summed E-state index contributed by atoms with van der Waals surface area (Å²) in [4.78, 5) is 0. The maximum Gasteiger partial charge on any atom is 0.236 e. The number of aryl methyl sites for hydroxylation is 1. The number of phenols is 1. The molecule has 0 unspecified atom stereocenters. The molecule has 0 radical (unpaired) electrons. The Morgan fingerprint density at radius 1 is 1.43 bits per heavy atom. The van der Waals surface area contributed by atoms with E-state index in [2.05, 4.69) is 0 Å². The number of phenolic OH excluding ortho intramolecular Hbond substituents is 1. The second kappa shape index (κ2) is 3.96. The molecule has 0 bridgehead atoms. The normalized spacial score (nSPS) is 11.6. The van der Waals surface area contributed by atoms with E-state index in [0.717, 1.165) is 5.56 Å². The number of rotatable bonds is 2. The average Bonchev–Trinajstić information content (AvgIpc) is 1.95. The molecule has 1 N–H and O–H groups in total. The third kappa shape index (κ3) is 3.04. The molecule has 0 fully saturated rings. The zero-order chi connectivity index (χ0) is 10.9. The van der Waals surface area contributed by atoms with Gasteiger partial charge in [0.15, 0.2) is 0 Å². The maximum atomic E-state index is 10.8. The van der Waals surface area contributed by atoms with Crippen molar-refractivity contribution in [2.45, 2.75) is 12.7 Å². The quantitative estimate of drug-likeness (QED) is 0.825. The first-order valence-electron chi connectivity index (χ1n) is 3.70. The summed E-state index contributed by atoms with van der Waals surface area (Å²) in [5.74, 6) is -0.626. The monoisotopic (exact) mass is 254 g/mol. The Kier molecular flexibility index (Phi) is 3.29. The van der Waals surface area contributed by atoms with Crippen LogP contribution in [0.15, 0.2) is 12.1 Å². The molecule has 6 heteroatoms. The minimum Gasteiger partial charge on any atom is -0.508 e. The van der Waals surface area contributed by atoms with Crippen LogP contribution in [0.3, 0.4) is 0 Å². The van der Waals surface area contributed by atoms with E-state index >= 15 is 0 Å². The Balaban J connectivity index is 3.22. The van der Waals surface area contributed by atoms with Crippen LogP contribution in [0.25, 0.3) is 0 Å². The molecular formula is C8H8Cl2O3S. The summed E-state index contributed by atoms with van der Waals surface area (Å²) in [7, 11) is 1.35. The van der Waals surface area contributed by atoms with Crippen LogP contribution in [0, 0.1) is 6.92 Å². The van der Waals surface area contributed by atoms with E-state index < -0.39 is 14.8 Å². The highest BCUT2D eigenvalue weighted by Gasteiger charge is 2.14. The third-order valence-electron chi connectivity index (χ3n) is 1.63. The molecule has 3 nitrogen and oxygen atoms in total. The van der Waals surface area contributed by atoms with Gasteiger partial charge in [-0.2, -0.15) is 0 Å². The molecule has 0 saturated heterocycles. The van der Waals surface area contributed by atoms with Gasteiger partial charge in [0.05, 0.1) is 5.75 Å². The van der Waals surface area contributed by atoms with Crippen molar-refractivity contribution in [3.63, 3.8) is 0 Å². The Hall–Kier alpha value is -0.450. The number of aromatic hydroxyl groups is 1. The zero-order valence-electron chi connectivity index (χ0n) is 7.29. The molecule has 0 aliphatic heterocycles. The fourth-order valence-electron chi connectivity index (χ4n) is 1.07. The number of hydrogen-bond acceptors (Lipinski definition) is 3. The largest absolute Gasteiger partial charge is 0.508 e. The molecule has 14 heavy (non-hydrogen) atoms. The fraction of sp³-hybridized carbons (Fsp3) is 0.250. The van der Waals surface area contributed by atoms with Crippen LogP contribution in [0.5, 0.6) is 5.75 Å². The van der Waals surface area contributed by atoms with Crippen molar-refractivity contribution in [1.29, 1.82) is 0 Å². The topological polar surface area (TPSA) is 54.4 Å². The molecule has 1 rings (SSSR count). The summed E-state index contributed by atoms with van der Waals surface area (Å²) >= 11 is 5.76. The van der Waals surface area contributed by atoms with Crippen molar-refractivity contribution in [3.8, 4) is 5.75 Å². The lowest BCUT2D eigenvalue weighted by molar-refractivity contribution is 0.469. The Labute approximate surface area is 91.7 Å². The van der Waals surface area contributed by atoms with E-state index in [4.69, 9.17) is 22.3 Å². The smallest absolute Gasteiger partial charge is 0.236 e. The highest BCUT2D eigenvalue weighted by atomic mass is 35.7. The molecule has 0 saturated carbocycles. The van der Waals surface area contributed by atoms with Gasteiger partial charge in [0.1, 0.15) is 5.75 Å². The van der Waals surface area contributed by atoms with Crippen molar-refractivity contribution in [2.24, 2.45) is 0 Å². The van der Waals surface area contributed by atoms with E-state index in [0.29, 0.717) is 0 Å².